The molecule has 6 nitrogen and oxygen atoms in total. The lowest BCUT2D eigenvalue weighted by molar-refractivity contribution is -0.136. The first-order chi connectivity index (χ1) is 14.7. The maximum absolute atomic E-state index is 12.7. The van der Waals surface area contributed by atoms with Crippen LogP contribution in [0, 0.1) is 5.92 Å². The number of likely N-dealkylation sites (tertiary alicyclic amines) is 1. The van der Waals surface area contributed by atoms with Crippen LogP contribution in [0.1, 0.15) is 17.7 Å². The van der Waals surface area contributed by atoms with Gasteiger partial charge in [-0.2, -0.15) is 0 Å². The van der Waals surface area contributed by atoms with Crippen molar-refractivity contribution >= 4 is 28.8 Å². The van der Waals surface area contributed by atoms with E-state index in [2.05, 4.69) is 32.6 Å². The third kappa shape index (κ3) is 5.68. The summed E-state index contributed by atoms with van der Waals surface area (Å²) in [6.45, 7) is 6.74. The maximum Gasteiger partial charge on any atom is 0.236 e. The van der Waals surface area contributed by atoms with E-state index in [1.807, 2.05) is 35.2 Å². The number of carbonyl (C=O) groups is 2. The number of piperidine rings is 1. The molecular formula is C23H30N4O2S. The summed E-state index contributed by atoms with van der Waals surface area (Å²) in [4.78, 5) is 33.3. The number of nitrogens with one attached hydrogen (secondary N) is 1. The van der Waals surface area contributed by atoms with Gasteiger partial charge >= 0.3 is 0 Å². The van der Waals surface area contributed by atoms with Crippen molar-refractivity contribution in [3.63, 3.8) is 0 Å². The number of thiophene rings is 1. The highest BCUT2D eigenvalue weighted by Crippen LogP contribution is 2.20. The van der Waals surface area contributed by atoms with Crippen molar-refractivity contribution in [3.8, 4) is 0 Å². The molecule has 160 valence electrons. The number of benzene rings is 1. The minimum absolute atomic E-state index is 0.0185. The third-order valence-corrected chi connectivity index (χ3v) is 6.90. The second-order valence-electron chi connectivity index (χ2n) is 8.14. The molecule has 1 aromatic heterocycles. The molecule has 2 aliphatic rings. The second kappa shape index (κ2) is 10.2. The van der Waals surface area contributed by atoms with Crippen LogP contribution in [0.2, 0.25) is 0 Å². The maximum atomic E-state index is 12.7. The van der Waals surface area contributed by atoms with Crippen LogP contribution in [0.25, 0.3) is 0 Å². The summed E-state index contributed by atoms with van der Waals surface area (Å²) in [5.41, 5.74) is 0.833. The van der Waals surface area contributed by atoms with E-state index in [0.717, 1.165) is 51.3 Å². The lowest BCUT2D eigenvalue weighted by atomic mass is 9.95. The number of carbonyl (C=O) groups excluding carboxylic acids is 2. The number of para-hydroxylation sites is 1. The summed E-state index contributed by atoms with van der Waals surface area (Å²) in [6, 6.07) is 13.8. The molecule has 1 N–H and O–H groups in total. The zero-order valence-electron chi connectivity index (χ0n) is 17.3. The molecule has 0 radical (unpaired) electrons. The predicted octanol–water partition coefficient (Wildman–Crippen LogP) is 2.74. The summed E-state index contributed by atoms with van der Waals surface area (Å²) in [5, 5.41) is 5.11. The largest absolute Gasteiger partial charge is 0.342 e. The average molecular weight is 427 g/mol. The summed E-state index contributed by atoms with van der Waals surface area (Å²) in [7, 11) is 0. The minimum atomic E-state index is -0.0185. The number of anilines is 1. The highest BCUT2D eigenvalue weighted by Gasteiger charge is 2.28. The van der Waals surface area contributed by atoms with Gasteiger partial charge in [0.05, 0.1) is 6.54 Å². The van der Waals surface area contributed by atoms with Crippen LogP contribution in [0.4, 0.5) is 5.69 Å². The van der Waals surface area contributed by atoms with Gasteiger partial charge in [0.15, 0.2) is 0 Å². The first-order valence-electron chi connectivity index (χ1n) is 10.8. The van der Waals surface area contributed by atoms with Gasteiger partial charge in [0, 0.05) is 62.3 Å². The predicted molar refractivity (Wildman–Crippen MR) is 120 cm³/mol. The Morgan fingerprint density at radius 1 is 0.900 bits per heavy atom. The molecule has 2 saturated heterocycles. The molecule has 0 saturated carbocycles. The molecule has 2 amide bonds. The zero-order chi connectivity index (χ0) is 20.8. The Labute approximate surface area is 182 Å². The zero-order valence-corrected chi connectivity index (χ0v) is 18.2. The second-order valence-corrected chi connectivity index (χ2v) is 9.17. The number of hydrogen-bond donors (Lipinski definition) is 1. The Bertz CT molecular complexity index is 811. The summed E-state index contributed by atoms with van der Waals surface area (Å²) in [6.07, 6.45) is 1.47. The van der Waals surface area contributed by atoms with Gasteiger partial charge in [-0.15, -0.1) is 11.3 Å². The van der Waals surface area contributed by atoms with Crippen molar-refractivity contribution in [1.82, 2.24) is 14.7 Å². The Morgan fingerprint density at radius 3 is 2.27 bits per heavy atom. The fourth-order valence-corrected chi connectivity index (χ4v) is 4.92. The Balaban J connectivity index is 1.16. The molecule has 0 unspecified atom stereocenters. The minimum Gasteiger partial charge on any atom is -0.342 e. The van der Waals surface area contributed by atoms with Crippen molar-refractivity contribution in [1.29, 1.82) is 0 Å². The van der Waals surface area contributed by atoms with Gasteiger partial charge in [-0.1, -0.05) is 24.3 Å². The van der Waals surface area contributed by atoms with E-state index in [9.17, 15) is 9.59 Å². The molecule has 1 aromatic carbocycles. The van der Waals surface area contributed by atoms with Crippen molar-refractivity contribution in [3.05, 3.63) is 52.7 Å². The number of amides is 2. The van der Waals surface area contributed by atoms with Crippen LogP contribution in [-0.2, 0) is 16.1 Å². The summed E-state index contributed by atoms with van der Waals surface area (Å²) < 4.78 is 0. The average Bonchev–Trinajstić information content (AvgIpc) is 3.29. The third-order valence-electron chi connectivity index (χ3n) is 6.04. The van der Waals surface area contributed by atoms with Crippen molar-refractivity contribution in [2.24, 2.45) is 5.92 Å². The van der Waals surface area contributed by atoms with Crippen LogP contribution in [0.3, 0.4) is 0 Å². The highest BCUT2D eigenvalue weighted by molar-refractivity contribution is 7.09. The standard InChI is InChI=1S/C23H30N4O2S/c28-22(18-26-14-12-25(13-15-26)17-21-7-4-16-30-21)27-10-8-19(9-11-27)23(29)24-20-5-2-1-3-6-20/h1-7,16,19H,8-15,17-18H2,(H,24,29). The van der Waals surface area contributed by atoms with Gasteiger partial charge in [0.2, 0.25) is 11.8 Å². The molecule has 0 atom stereocenters. The molecule has 2 aromatic rings. The van der Waals surface area contributed by atoms with E-state index >= 15 is 0 Å². The Morgan fingerprint density at radius 2 is 1.60 bits per heavy atom. The van der Waals surface area contributed by atoms with Gasteiger partial charge in [-0.25, -0.2) is 0 Å². The van der Waals surface area contributed by atoms with E-state index < -0.39 is 0 Å². The molecule has 4 rings (SSSR count). The van der Waals surface area contributed by atoms with Gasteiger partial charge in [-0.3, -0.25) is 19.4 Å². The van der Waals surface area contributed by atoms with Gasteiger partial charge < -0.3 is 10.2 Å². The molecule has 2 aliphatic heterocycles. The lowest BCUT2D eigenvalue weighted by Gasteiger charge is -2.36. The molecule has 3 heterocycles. The molecule has 0 aliphatic carbocycles. The number of nitrogens with zero attached hydrogens (tertiary/aromatic N) is 3. The highest BCUT2D eigenvalue weighted by atomic mass is 32.1. The molecule has 0 bridgehead atoms. The van der Waals surface area contributed by atoms with E-state index in [1.165, 1.54) is 4.88 Å². The lowest BCUT2D eigenvalue weighted by Crippen LogP contribution is -2.51. The summed E-state index contributed by atoms with van der Waals surface area (Å²) >= 11 is 1.80. The van der Waals surface area contributed by atoms with E-state index in [4.69, 9.17) is 0 Å². The number of hydrogen-bond acceptors (Lipinski definition) is 5. The molecular weight excluding hydrogens is 396 g/mol. The molecule has 0 spiro atoms. The van der Waals surface area contributed by atoms with Crippen molar-refractivity contribution in [2.45, 2.75) is 19.4 Å². The first kappa shape index (κ1) is 21.0. The molecule has 2 fully saturated rings. The fourth-order valence-electron chi connectivity index (χ4n) is 4.18. The van der Waals surface area contributed by atoms with Crippen LogP contribution in [0.5, 0.6) is 0 Å². The van der Waals surface area contributed by atoms with Crippen LogP contribution >= 0.6 is 11.3 Å². The smallest absolute Gasteiger partial charge is 0.236 e. The van der Waals surface area contributed by atoms with Gasteiger partial charge in [0.25, 0.3) is 0 Å². The normalized spacial score (nSPS) is 19.0. The fraction of sp³-hybridized carbons (Fsp3) is 0.478. The summed E-state index contributed by atoms with van der Waals surface area (Å²) in [5.74, 6) is 0.244. The molecule has 7 heteroatoms. The Kier molecular flexibility index (Phi) is 7.15. The van der Waals surface area contributed by atoms with Crippen molar-refractivity contribution < 1.29 is 9.59 Å². The Hall–Kier alpha value is -2.22. The van der Waals surface area contributed by atoms with E-state index in [-0.39, 0.29) is 17.7 Å². The van der Waals surface area contributed by atoms with E-state index in [0.29, 0.717) is 19.6 Å². The first-order valence-corrected chi connectivity index (χ1v) is 11.7. The van der Waals surface area contributed by atoms with Crippen LogP contribution in [-0.4, -0.2) is 72.3 Å². The van der Waals surface area contributed by atoms with Crippen LogP contribution in [0.15, 0.2) is 47.8 Å². The topological polar surface area (TPSA) is 55.9 Å². The number of piperazine rings is 1. The van der Waals surface area contributed by atoms with Gasteiger partial charge in [0.1, 0.15) is 0 Å². The van der Waals surface area contributed by atoms with Crippen LogP contribution < -0.4 is 5.32 Å². The van der Waals surface area contributed by atoms with E-state index in [1.54, 1.807) is 11.3 Å². The monoisotopic (exact) mass is 426 g/mol. The number of rotatable bonds is 6. The van der Waals surface area contributed by atoms with Gasteiger partial charge in [-0.05, 0) is 36.4 Å². The quantitative estimate of drug-likeness (QED) is 0.772. The SMILES string of the molecule is O=C(Nc1ccccc1)C1CCN(C(=O)CN2CCN(Cc3cccs3)CC2)CC1. The van der Waals surface area contributed by atoms with Crippen molar-refractivity contribution in [2.75, 3.05) is 51.1 Å². The molecule has 30 heavy (non-hydrogen) atoms.